The van der Waals surface area contributed by atoms with Gasteiger partial charge in [-0.2, -0.15) is 0 Å². The van der Waals surface area contributed by atoms with E-state index >= 15 is 0 Å². The Labute approximate surface area is 166 Å². The molecule has 1 amide bonds. The summed E-state index contributed by atoms with van der Waals surface area (Å²) in [6, 6.07) is 15.3. The summed E-state index contributed by atoms with van der Waals surface area (Å²) in [4.78, 5) is 31.7. The molecule has 0 spiro atoms. The van der Waals surface area contributed by atoms with Crippen molar-refractivity contribution < 1.29 is 4.79 Å². The number of aryl methyl sites for hydroxylation is 1. The summed E-state index contributed by atoms with van der Waals surface area (Å²) < 4.78 is 1.46. The third-order valence-electron chi connectivity index (χ3n) is 5.10. The van der Waals surface area contributed by atoms with Crippen LogP contribution in [0.25, 0.3) is 21.0 Å². The van der Waals surface area contributed by atoms with Gasteiger partial charge in [0.1, 0.15) is 16.7 Å². The maximum atomic E-state index is 13.2. The van der Waals surface area contributed by atoms with Crippen LogP contribution in [-0.2, 0) is 17.6 Å². The molecule has 5 nitrogen and oxygen atoms in total. The quantitative estimate of drug-likeness (QED) is 0.562. The van der Waals surface area contributed by atoms with E-state index in [-0.39, 0.29) is 5.56 Å². The van der Waals surface area contributed by atoms with Crippen molar-refractivity contribution in [2.45, 2.75) is 32.7 Å². The fraction of sp³-hybridized carbons (Fsp3) is 0.227. The molecular formula is C22H21N3O2S. The number of benzene rings is 2. The molecule has 0 aliphatic heterocycles. The molecule has 1 atom stereocenters. The number of amides is 1. The molecule has 0 bridgehead atoms. The van der Waals surface area contributed by atoms with Crippen molar-refractivity contribution >= 4 is 38.2 Å². The van der Waals surface area contributed by atoms with Crippen LogP contribution in [-0.4, -0.2) is 15.5 Å². The first kappa shape index (κ1) is 18.4. The summed E-state index contributed by atoms with van der Waals surface area (Å²) in [6.07, 6.45) is 1.29. The second kappa shape index (κ2) is 7.20. The molecule has 28 heavy (non-hydrogen) atoms. The summed E-state index contributed by atoms with van der Waals surface area (Å²) in [7, 11) is 0. The van der Waals surface area contributed by atoms with E-state index in [1.165, 1.54) is 15.9 Å². The van der Waals surface area contributed by atoms with Crippen LogP contribution in [0.1, 0.15) is 36.2 Å². The predicted molar refractivity (Wildman–Crippen MR) is 114 cm³/mol. The summed E-state index contributed by atoms with van der Waals surface area (Å²) >= 11 is 1.53. The van der Waals surface area contributed by atoms with E-state index in [9.17, 15) is 9.59 Å². The molecule has 0 aliphatic rings. The molecule has 2 aromatic carbocycles. The molecule has 1 unspecified atom stereocenters. The first-order chi connectivity index (χ1) is 13.5. The molecule has 2 heterocycles. The van der Waals surface area contributed by atoms with E-state index in [4.69, 9.17) is 10.7 Å². The van der Waals surface area contributed by atoms with Gasteiger partial charge in [-0.05, 0) is 35.7 Å². The van der Waals surface area contributed by atoms with Crippen molar-refractivity contribution in [3.63, 3.8) is 0 Å². The van der Waals surface area contributed by atoms with Crippen molar-refractivity contribution in [1.82, 2.24) is 9.55 Å². The Hall–Kier alpha value is -2.99. The number of rotatable bonds is 5. The van der Waals surface area contributed by atoms with Gasteiger partial charge in [0.25, 0.3) is 5.56 Å². The molecule has 0 saturated heterocycles. The van der Waals surface area contributed by atoms with E-state index in [0.717, 1.165) is 27.6 Å². The highest BCUT2D eigenvalue weighted by Gasteiger charge is 2.21. The largest absolute Gasteiger partial charge is 0.368 e. The van der Waals surface area contributed by atoms with Crippen LogP contribution in [0.5, 0.6) is 0 Å². The number of hydrogen-bond acceptors (Lipinski definition) is 4. The molecule has 0 aliphatic carbocycles. The van der Waals surface area contributed by atoms with Crippen LogP contribution in [0.4, 0.5) is 0 Å². The van der Waals surface area contributed by atoms with Crippen LogP contribution < -0.4 is 11.3 Å². The molecule has 142 valence electrons. The predicted octanol–water partition coefficient (Wildman–Crippen LogP) is 3.81. The molecule has 2 N–H and O–H groups in total. The minimum absolute atomic E-state index is 0.206. The SMILES string of the molecule is CCc1cc2c(=O)n(C(C)C(N)=O)c(Cc3cccc4ccccc34)nc2s1. The minimum atomic E-state index is -0.764. The topological polar surface area (TPSA) is 78.0 Å². The molecule has 0 fully saturated rings. The number of fused-ring (bicyclic) bond motifs is 2. The Morgan fingerprint density at radius 1 is 1.18 bits per heavy atom. The average Bonchev–Trinajstić information content (AvgIpc) is 3.11. The van der Waals surface area contributed by atoms with Crippen molar-refractivity contribution in [3.05, 3.63) is 75.1 Å². The third-order valence-corrected chi connectivity index (χ3v) is 6.27. The highest BCUT2D eigenvalue weighted by Crippen LogP contribution is 2.26. The van der Waals surface area contributed by atoms with Gasteiger partial charge in [-0.1, -0.05) is 49.4 Å². The first-order valence-electron chi connectivity index (χ1n) is 9.29. The number of hydrogen-bond donors (Lipinski definition) is 1. The Morgan fingerprint density at radius 3 is 2.68 bits per heavy atom. The number of carbonyl (C=O) groups is 1. The zero-order valence-corrected chi connectivity index (χ0v) is 16.6. The van der Waals surface area contributed by atoms with E-state index in [1.54, 1.807) is 6.92 Å². The van der Waals surface area contributed by atoms with Gasteiger partial charge in [-0.25, -0.2) is 4.98 Å². The highest BCUT2D eigenvalue weighted by atomic mass is 32.1. The summed E-state index contributed by atoms with van der Waals surface area (Å²) in [5, 5.41) is 2.79. The van der Waals surface area contributed by atoms with Gasteiger partial charge in [0, 0.05) is 11.3 Å². The van der Waals surface area contributed by atoms with Crippen molar-refractivity contribution in [1.29, 1.82) is 0 Å². The van der Waals surface area contributed by atoms with Crippen LogP contribution >= 0.6 is 11.3 Å². The molecule has 2 aromatic heterocycles. The molecule has 4 aromatic rings. The Balaban J connectivity index is 1.95. The zero-order chi connectivity index (χ0) is 19.8. The van der Waals surface area contributed by atoms with E-state index < -0.39 is 11.9 Å². The van der Waals surface area contributed by atoms with Crippen LogP contribution in [0.2, 0.25) is 0 Å². The Morgan fingerprint density at radius 2 is 1.93 bits per heavy atom. The second-order valence-electron chi connectivity index (χ2n) is 6.88. The Bertz CT molecular complexity index is 1250. The number of nitrogens with zero attached hydrogens (tertiary/aromatic N) is 2. The molecular weight excluding hydrogens is 370 g/mol. The number of aromatic nitrogens is 2. The lowest BCUT2D eigenvalue weighted by Gasteiger charge is -2.17. The van der Waals surface area contributed by atoms with Crippen molar-refractivity contribution in [3.8, 4) is 0 Å². The standard InChI is InChI=1S/C22H21N3O2S/c1-3-16-12-18-21(28-16)24-19(25(22(18)27)13(2)20(23)26)11-15-9-6-8-14-7-4-5-10-17(14)15/h4-10,12-13H,3,11H2,1-2H3,(H2,23,26). The lowest BCUT2D eigenvalue weighted by molar-refractivity contribution is -0.120. The number of thiophene rings is 1. The first-order valence-corrected chi connectivity index (χ1v) is 10.1. The van der Waals surface area contributed by atoms with E-state index in [1.807, 2.05) is 37.3 Å². The number of nitrogens with two attached hydrogens (primary N) is 1. The number of carbonyl (C=O) groups excluding carboxylic acids is 1. The summed E-state index contributed by atoms with van der Waals surface area (Å²) in [5.41, 5.74) is 6.39. The van der Waals surface area contributed by atoms with Crippen molar-refractivity contribution in [2.24, 2.45) is 5.73 Å². The van der Waals surface area contributed by atoms with Crippen molar-refractivity contribution in [2.75, 3.05) is 0 Å². The van der Waals surface area contributed by atoms with Gasteiger partial charge in [0.05, 0.1) is 5.39 Å². The fourth-order valence-corrected chi connectivity index (χ4v) is 4.50. The smallest absolute Gasteiger partial charge is 0.263 e. The molecule has 0 saturated carbocycles. The van der Waals surface area contributed by atoms with Gasteiger partial charge >= 0.3 is 0 Å². The second-order valence-corrected chi connectivity index (χ2v) is 8.00. The lowest BCUT2D eigenvalue weighted by Crippen LogP contribution is -2.35. The molecule has 0 radical (unpaired) electrons. The van der Waals surface area contributed by atoms with Gasteiger partial charge in [0.2, 0.25) is 5.91 Å². The molecule has 6 heteroatoms. The highest BCUT2D eigenvalue weighted by molar-refractivity contribution is 7.18. The molecule has 4 rings (SSSR count). The normalized spacial score (nSPS) is 12.5. The summed E-state index contributed by atoms with van der Waals surface area (Å²) in [5.74, 6) is 0.0121. The van der Waals surface area contributed by atoms with Gasteiger partial charge in [0.15, 0.2) is 0 Å². The number of primary amides is 1. The maximum absolute atomic E-state index is 13.2. The van der Waals surface area contributed by atoms with E-state index in [0.29, 0.717) is 22.5 Å². The minimum Gasteiger partial charge on any atom is -0.368 e. The van der Waals surface area contributed by atoms with Crippen LogP contribution in [0.3, 0.4) is 0 Å². The van der Waals surface area contributed by atoms with Crippen LogP contribution in [0.15, 0.2) is 53.3 Å². The van der Waals surface area contributed by atoms with Gasteiger partial charge < -0.3 is 5.73 Å². The monoisotopic (exact) mass is 391 g/mol. The van der Waals surface area contributed by atoms with E-state index in [2.05, 4.69) is 18.2 Å². The zero-order valence-electron chi connectivity index (χ0n) is 15.8. The van der Waals surface area contributed by atoms with Crippen LogP contribution in [0, 0.1) is 0 Å². The Kier molecular flexibility index (Phi) is 4.73. The average molecular weight is 391 g/mol. The van der Waals surface area contributed by atoms with Gasteiger partial charge in [-0.3, -0.25) is 14.2 Å². The lowest BCUT2D eigenvalue weighted by atomic mass is 10.0. The third kappa shape index (κ3) is 3.10. The summed E-state index contributed by atoms with van der Waals surface area (Å²) in [6.45, 7) is 3.70. The maximum Gasteiger partial charge on any atom is 0.263 e. The van der Waals surface area contributed by atoms with Gasteiger partial charge in [-0.15, -0.1) is 11.3 Å². The fourth-order valence-electron chi connectivity index (χ4n) is 3.53.